The van der Waals surface area contributed by atoms with Crippen molar-refractivity contribution in [3.8, 4) is 0 Å². The molecule has 1 fully saturated rings. The summed E-state index contributed by atoms with van der Waals surface area (Å²) in [6.45, 7) is 12.0. The lowest BCUT2D eigenvalue weighted by molar-refractivity contribution is -0.161. The molecule has 0 radical (unpaired) electrons. The molecule has 0 saturated carbocycles. The fourth-order valence-corrected chi connectivity index (χ4v) is 4.29. The van der Waals surface area contributed by atoms with Gasteiger partial charge in [0.15, 0.2) is 0 Å². The molecule has 1 saturated heterocycles. The molecule has 0 unspecified atom stereocenters. The third-order valence-corrected chi connectivity index (χ3v) is 5.88. The van der Waals surface area contributed by atoms with E-state index in [0.717, 1.165) is 17.4 Å². The number of carbonyl (C=O) groups excluding carboxylic acids is 2. The Balaban J connectivity index is 2.15. The van der Waals surface area contributed by atoms with Gasteiger partial charge >= 0.3 is 12.1 Å². The molecular weight excluding hydrogens is 458 g/mol. The first-order valence-corrected chi connectivity index (χ1v) is 13.5. The molecule has 0 N–H and O–H groups in total. The van der Waals surface area contributed by atoms with Gasteiger partial charge in [-0.3, -0.25) is 8.98 Å². The minimum atomic E-state index is -3.49. The van der Waals surface area contributed by atoms with Crippen LogP contribution in [0.1, 0.15) is 59.1 Å². The van der Waals surface area contributed by atoms with Gasteiger partial charge in [0.25, 0.3) is 10.1 Å². The summed E-state index contributed by atoms with van der Waals surface area (Å²) in [4.78, 5) is 27.4. The molecule has 9 heteroatoms. The van der Waals surface area contributed by atoms with Gasteiger partial charge in [-0.2, -0.15) is 8.42 Å². The molecule has 0 spiro atoms. The summed E-state index contributed by atoms with van der Waals surface area (Å²) in [6, 6.07) is 7.69. The van der Waals surface area contributed by atoms with Gasteiger partial charge in [0.2, 0.25) is 0 Å². The highest BCUT2D eigenvalue weighted by atomic mass is 32.2. The van der Waals surface area contributed by atoms with Crippen molar-refractivity contribution in [2.45, 2.75) is 72.0 Å². The van der Waals surface area contributed by atoms with Gasteiger partial charge in [-0.05, 0) is 77.8 Å². The molecule has 192 valence electrons. The topological polar surface area (TPSA) is 99.2 Å². The summed E-state index contributed by atoms with van der Waals surface area (Å²) in [6.07, 6.45) is 2.24. The van der Waals surface area contributed by atoms with E-state index in [1.165, 1.54) is 0 Å². The largest absolute Gasteiger partial charge is 0.460 e. The van der Waals surface area contributed by atoms with E-state index in [1.54, 1.807) is 4.90 Å². The van der Waals surface area contributed by atoms with E-state index in [1.807, 2.05) is 65.8 Å². The lowest BCUT2D eigenvalue weighted by Gasteiger charge is -2.28. The van der Waals surface area contributed by atoms with Crippen molar-refractivity contribution in [3.05, 3.63) is 35.4 Å². The molecule has 8 nitrogen and oxygen atoms in total. The fourth-order valence-electron chi connectivity index (χ4n) is 3.90. The second kappa shape index (κ2) is 11.1. The predicted octanol–water partition coefficient (Wildman–Crippen LogP) is 3.96. The molecule has 1 aromatic rings. The SMILES string of the molecule is CC(C)(C)OC(=O)[C@@H](Cc1cccc(CCOS(C)(=O)=O)c1)[C@H]1CCN(C(=O)OC(C)(C)C)C1. The van der Waals surface area contributed by atoms with Crippen LogP contribution in [0, 0.1) is 11.8 Å². The number of hydrogen-bond acceptors (Lipinski definition) is 7. The quantitative estimate of drug-likeness (QED) is 0.396. The van der Waals surface area contributed by atoms with Gasteiger partial charge in [0.05, 0.1) is 18.8 Å². The van der Waals surface area contributed by atoms with Crippen LogP contribution in [-0.2, 0) is 41.4 Å². The second-order valence-electron chi connectivity index (χ2n) is 10.9. The van der Waals surface area contributed by atoms with Gasteiger partial charge in [0.1, 0.15) is 11.2 Å². The molecule has 2 atom stereocenters. The van der Waals surface area contributed by atoms with E-state index in [9.17, 15) is 18.0 Å². The smallest absolute Gasteiger partial charge is 0.410 e. The van der Waals surface area contributed by atoms with Crippen LogP contribution in [0.5, 0.6) is 0 Å². The number of carbonyl (C=O) groups is 2. The Morgan fingerprint density at radius 2 is 1.68 bits per heavy atom. The van der Waals surface area contributed by atoms with Crippen LogP contribution in [0.15, 0.2) is 24.3 Å². The third kappa shape index (κ3) is 10.0. The second-order valence-corrected chi connectivity index (χ2v) is 12.6. The maximum absolute atomic E-state index is 13.2. The van der Waals surface area contributed by atoms with E-state index in [4.69, 9.17) is 13.7 Å². The number of amides is 1. The van der Waals surface area contributed by atoms with Crippen LogP contribution in [0.2, 0.25) is 0 Å². The molecule has 0 aromatic heterocycles. The van der Waals surface area contributed by atoms with Crippen molar-refractivity contribution in [1.82, 2.24) is 4.90 Å². The summed E-state index contributed by atoms with van der Waals surface area (Å²) in [5, 5.41) is 0. The molecule has 1 aliphatic heterocycles. The van der Waals surface area contributed by atoms with Gasteiger partial charge in [-0.25, -0.2) is 4.79 Å². The Bertz CT molecular complexity index is 960. The van der Waals surface area contributed by atoms with Crippen LogP contribution < -0.4 is 0 Å². The highest BCUT2D eigenvalue weighted by Crippen LogP contribution is 2.31. The number of hydrogen-bond donors (Lipinski definition) is 0. The molecule has 34 heavy (non-hydrogen) atoms. The van der Waals surface area contributed by atoms with Crippen molar-refractivity contribution in [2.75, 3.05) is 26.0 Å². The maximum atomic E-state index is 13.2. The summed E-state index contributed by atoms with van der Waals surface area (Å²) >= 11 is 0. The van der Waals surface area contributed by atoms with E-state index in [2.05, 4.69) is 0 Å². The highest BCUT2D eigenvalue weighted by molar-refractivity contribution is 7.85. The molecule has 1 aromatic carbocycles. The fraction of sp³-hybridized carbons (Fsp3) is 0.680. The number of esters is 1. The Labute approximate surface area is 204 Å². The molecule has 1 amide bonds. The van der Waals surface area contributed by atoms with Crippen LogP contribution in [0.4, 0.5) is 4.79 Å². The number of nitrogens with zero attached hydrogens (tertiary/aromatic N) is 1. The van der Waals surface area contributed by atoms with Crippen LogP contribution in [-0.4, -0.2) is 62.5 Å². The minimum absolute atomic E-state index is 0.0559. The summed E-state index contributed by atoms with van der Waals surface area (Å²) < 4.78 is 38.5. The number of benzene rings is 1. The van der Waals surface area contributed by atoms with Gasteiger partial charge in [-0.1, -0.05) is 24.3 Å². The highest BCUT2D eigenvalue weighted by Gasteiger charge is 2.39. The third-order valence-electron chi connectivity index (χ3n) is 5.29. The van der Waals surface area contributed by atoms with Crippen molar-refractivity contribution < 1.29 is 31.7 Å². The maximum Gasteiger partial charge on any atom is 0.410 e. The van der Waals surface area contributed by atoms with Crippen molar-refractivity contribution in [2.24, 2.45) is 11.8 Å². The Morgan fingerprint density at radius 3 is 2.26 bits per heavy atom. The van der Waals surface area contributed by atoms with E-state index in [-0.39, 0.29) is 24.6 Å². The summed E-state index contributed by atoms with van der Waals surface area (Å²) in [5.41, 5.74) is 0.666. The predicted molar refractivity (Wildman–Crippen MR) is 130 cm³/mol. The van der Waals surface area contributed by atoms with Crippen molar-refractivity contribution >= 4 is 22.2 Å². The molecular formula is C25H39NO7S. The molecule has 1 heterocycles. The summed E-state index contributed by atoms with van der Waals surface area (Å²) in [5.74, 6) is -0.761. The molecule has 0 bridgehead atoms. The van der Waals surface area contributed by atoms with E-state index in [0.29, 0.717) is 32.4 Å². The lowest BCUT2D eigenvalue weighted by atomic mass is 9.85. The first-order chi connectivity index (χ1) is 15.5. The Morgan fingerprint density at radius 1 is 1.06 bits per heavy atom. The summed E-state index contributed by atoms with van der Waals surface area (Å²) in [7, 11) is -3.49. The van der Waals surface area contributed by atoms with Gasteiger partial charge in [-0.15, -0.1) is 0 Å². The Hall–Kier alpha value is -2.13. The van der Waals surface area contributed by atoms with Crippen LogP contribution in [0.3, 0.4) is 0 Å². The number of likely N-dealkylation sites (tertiary alicyclic amines) is 1. The van der Waals surface area contributed by atoms with Gasteiger partial charge < -0.3 is 14.4 Å². The monoisotopic (exact) mass is 497 g/mol. The first-order valence-electron chi connectivity index (χ1n) is 11.7. The van der Waals surface area contributed by atoms with Crippen LogP contribution >= 0.6 is 0 Å². The zero-order valence-electron chi connectivity index (χ0n) is 21.4. The lowest BCUT2D eigenvalue weighted by Crippen LogP contribution is -2.38. The molecule has 0 aliphatic carbocycles. The zero-order chi connectivity index (χ0) is 25.7. The minimum Gasteiger partial charge on any atom is -0.460 e. The first kappa shape index (κ1) is 28.1. The van der Waals surface area contributed by atoms with Crippen LogP contribution in [0.25, 0.3) is 0 Å². The Kier molecular flexibility index (Phi) is 9.16. The van der Waals surface area contributed by atoms with Crippen molar-refractivity contribution in [1.29, 1.82) is 0 Å². The zero-order valence-corrected chi connectivity index (χ0v) is 22.2. The van der Waals surface area contributed by atoms with Gasteiger partial charge in [0, 0.05) is 13.1 Å². The van der Waals surface area contributed by atoms with E-state index < -0.39 is 27.2 Å². The normalized spacial score (nSPS) is 18.0. The average molecular weight is 498 g/mol. The van der Waals surface area contributed by atoms with E-state index >= 15 is 0 Å². The molecule has 2 rings (SSSR count). The molecule has 1 aliphatic rings. The number of ether oxygens (including phenoxy) is 2. The average Bonchev–Trinajstić information content (AvgIpc) is 3.12. The van der Waals surface area contributed by atoms with Crippen molar-refractivity contribution in [3.63, 3.8) is 0 Å². The standard InChI is InChI=1S/C25H39NO7S/c1-24(2,3)32-22(27)21(20-11-13-26(17-20)23(28)33-25(4,5)6)16-19-10-8-9-18(15-19)12-14-31-34(7,29)30/h8-10,15,20-21H,11-14,16-17H2,1-7H3/t20-,21-/m0/s1. The number of rotatable bonds is 8.